The average molecular weight is 299 g/mol. The van der Waals surface area contributed by atoms with Gasteiger partial charge >= 0.3 is 0 Å². The molecule has 1 unspecified atom stereocenters. The highest BCUT2D eigenvalue weighted by atomic mass is 35.5. The monoisotopic (exact) mass is 298 g/mol. The molecule has 0 bridgehead atoms. The molecule has 0 saturated heterocycles. The van der Waals surface area contributed by atoms with E-state index < -0.39 is 0 Å². The second kappa shape index (κ2) is 6.37. The molecule has 0 spiro atoms. The first-order valence-corrected chi connectivity index (χ1v) is 6.92. The Balaban J connectivity index is 2.46. The van der Waals surface area contributed by atoms with Crippen molar-refractivity contribution in [1.82, 2.24) is 20.3 Å². The van der Waals surface area contributed by atoms with Gasteiger partial charge in [-0.3, -0.25) is 4.68 Å². The van der Waals surface area contributed by atoms with Crippen LogP contribution in [0, 0.1) is 0 Å². The van der Waals surface area contributed by atoms with Gasteiger partial charge in [0.1, 0.15) is 0 Å². The Kier molecular flexibility index (Phi) is 4.80. The van der Waals surface area contributed by atoms with Crippen LogP contribution in [-0.2, 0) is 7.05 Å². The van der Waals surface area contributed by atoms with Crippen LogP contribution in [0.4, 0.5) is 0 Å². The van der Waals surface area contributed by atoms with E-state index in [4.69, 9.17) is 23.2 Å². The SMILES string of the molecule is CCCNC(c1c(Cl)cccc1Cl)c1cnnn1C. The lowest BCUT2D eigenvalue weighted by Crippen LogP contribution is -2.25. The second-order valence-corrected chi connectivity index (χ2v) is 5.12. The number of halogens is 2. The first-order valence-electron chi connectivity index (χ1n) is 6.17. The van der Waals surface area contributed by atoms with Gasteiger partial charge in [-0.25, -0.2) is 0 Å². The molecule has 1 N–H and O–H groups in total. The Labute approximate surface area is 122 Å². The molecule has 0 aliphatic carbocycles. The van der Waals surface area contributed by atoms with Crippen LogP contribution in [-0.4, -0.2) is 21.5 Å². The van der Waals surface area contributed by atoms with E-state index in [1.807, 2.05) is 25.2 Å². The highest BCUT2D eigenvalue weighted by molar-refractivity contribution is 6.36. The van der Waals surface area contributed by atoms with Crippen LogP contribution >= 0.6 is 23.2 Å². The molecule has 0 saturated carbocycles. The standard InChI is InChI=1S/C13H16Cl2N4/c1-3-7-16-13(11-8-17-18-19(11)2)12-9(14)5-4-6-10(12)15/h4-6,8,13,16H,3,7H2,1-2H3. The molecule has 1 aromatic heterocycles. The molecule has 6 heteroatoms. The summed E-state index contributed by atoms with van der Waals surface area (Å²) in [6.45, 7) is 2.97. The summed E-state index contributed by atoms with van der Waals surface area (Å²) in [5.41, 5.74) is 1.80. The largest absolute Gasteiger partial charge is 0.305 e. The Morgan fingerprint density at radius 2 is 2.00 bits per heavy atom. The fraction of sp³-hybridized carbons (Fsp3) is 0.385. The topological polar surface area (TPSA) is 42.7 Å². The Morgan fingerprint density at radius 3 is 2.53 bits per heavy atom. The van der Waals surface area contributed by atoms with Crippen molar-refractivity contribution in [2.24, 2.45) is 7.05 Å². The summed E-state index contributed by atoms with van der Waals surface area (Å²) >= 11 is 12.6. The van der Waals surface area contributed by atoms with Crippen LogP contribution in [0.15, 0.2) is 24.4 Å². The number of nitrogens with zero attached hydrogens (tertiary/aromatic N) is 3. The number of aromatic nitrogens is 3. The van der Waals surface area contributed by atoms with Crippen molar-refractivity contribution in [3.8, 4) is 0 Å². The van der Waals surface area contributed by atoms with E-state index >= 15 is 0 Å². The highest BCUT2D eigenvalue weighted by Gasteiger charge is 2.22. The summed E-state index contributed by atoms with van der Waals surface area (Å²) in [6, 6.07) is 5.41. The zero-order valence-electron chi connectivity index (χ0n) is 10.9. The van der Waals surface area contributed by atoms with E-state index in [2.05, 4.69) is 22.6 Å². The maximum absolute atomic E-state index is 6.30. The minimum atomic E-state index is -0.110. The van der Waals surface area contributed by atoms with Crippen LogP contribution in [0.1, 0.15) is 30.6 Å². The van der Waals surface area contributed by atoms with Crippen LogP contribution < -0.4 is 5.32 Å². The molecule has 1 atom stereocenters. The number of hydrogen-bond donors (Lipinski definition) is 1. The fourth-order valence-corrected chi connectivity index (χ4v) is 2.60. The number of nitrogens with one attached hydrogen (secondary N) is 1. The van der Waals surface area contributed by atoms with Crippen molar-refractivity contribution >= 4 is 23.2 Å². The van der Waals surface area contributed by atoms with Crippen LogP contribution in [0.5, 0.6) is 0 Å². The molecule has 19 heavy (non-hydrogen) atoms. The summed E-state index contributed by atoms with van der Waals surface area (Å²) in [4.78, 5) is 0. The molecule has 0 aliphatic rings. The van der Waals surface area contributed by atoms with Gasteiger partial charge in [-0.2, -0.15) is 0 Å². The predicted octanol–water partition coefficient (Wildman–Crippen LogP) is 3.21. The summed E-state index contributed by atoms with van der Waals surface area (Å²) in [7, 11) is 1.85. The van der Waals surface area contributed by atoms with E-state index in [9.17, 15) is 0 Å². The second-order valence-electron chi connectivity index (χ2n) is 4.30. The molecule has 0 aliphatic heterocycles. The van der Waals surface area contributed by atoms with Gasteiger partial charge in [0.05, 0.1) is 17.9 Å². The summed E-state index contributed by atoms with van der Waals surface area (Å²) in [5, 5.41) is 12.6. The Hall–Kier alpha value is -1.10. The zero-order chi connectivity index (χ0) is 13.8. The molecule has 2 aromatic rings. The van der Waals surface area contributed by atoms with Gasteiger partial charge in [0, 0.05) is 22.7 Å². The van der Waals surface area contributed by atoms with Gasteiger partial charge in [-0.05, 0) is 25.1 Å². The van der Waals surface area contributed by atoms with Crippen molar-refractivity contribution in [3.05, 3.63) is 45.7 Å². The number of hydrogen-bond acceptors (Lipinski definition) is 3. The van der Waals surface area contributed by atoms with Crippen LogP contribution in [0.25, 0.3) is 0 Å². The highest BCUT2D eigenvalue weighted by Crippen LogP contribution is 2.33. The third kappa shape index (κ3) is 3.08. The van der Waals surface area contributed by atoms with E-state index in [0.717, 1.165) is 24.2 Å². The van der Waals surface area contributed by atoms with Gasteiger partial charge < -0.3 is 5.32 Å². The third-order valence-electron chi connectivity index (χ3n) is 2.93. The molecule has 1 aromatic carbocycles. The van der Waals surface area contributed by atoms with Crippen molar-refractivity contribution in [2.45, 2.75) is 19.4 Å². The minimum Gasteiger partial charge on any atom is -0.305 e. The maximum Gasteiger partial charge on any atom is 0.0799 e. The van der Waals surface area contributed by atoms with E-state index in [1.165, 1.54) is 0 Å². The van der Waals surface area contributed by atoms with Gasteiger partial charge in [0.15, 0.2) is 0 Å². The summed E-state index contributed by atoms with van der Waals surface area (Å²) < 4.78 is 1.73. The molecule has 102 valence electrons. The molecule has 4 nitrogen and oxygen atoms in total. The third-order valence-corrected chi connectivity index (χ3v) is 3.59. The van der Waals surface area contributed by atoms with Gasteiger partial charge in [-0.15, -0.1) is 5.10 Å². The van der Waals surface area contributed by atoms with Gasteiger partial charge in [0.2, 0.25) is 0 Å². The van der Waals surface area contributed by atoms with Crippen LogP contribution in [0.2, 0.25) is 10.0 Å². The Bertz CT molecular complexity index is 533. The molecular formula is C13H16Cl2N4. The lowest BCUT2D eigenvalue weighted by Gasteiger charge is -2.21. The van der Waals surface area contributed by atoms with Gasteiger partial charge in [-0.1, -0.05) is 41.4 Å². The molecule has 0 amide bonds. The zero-order valence-corrected chi connectivity index (χ0v) is 12.4. The lowest BCUT2D eigenvalue weighted by atomic mass is 10.0. The van der Waals surface area contributed by atoms with E-state index in [1.54, 1.807) is 10.9 Å². The first-order chi connectivity index (χ1) is 9.15. The van der Waals surface area contributed by atoms with Gasteiger partial charge in [0.25, 0.3) is 0 Å². The quantitative estimate of drug-likeness (QED) is 0.922. The fourth-order valence-electron chi connectivity index (χ4n) is 1.99. The van der Waals surface area contributed by atoms with Crippen molar-refractivity contribution in [3.63, 3.8) is 0 Å². The van der Waals surface area contributed by atoms with Crippen LogP contribution in [0.3, 0.4) is 0 Å². The smallest absolute Gasteiger partial charge is 0.0799 e. The predicted molar refractivity (Wildman–Crippen MR) is 77.6 cm³/mol. The average Bonchev–Trinajstić information content (AvgIpc) is 2.79. The van der Waals surface area contributed by atoms with E-state index in [-0.39, 0.29) is 6.04 Å². The normalized spacial score (nSPS) is 12.6. The van der Waals surface area contributed by atoms with E-state index in [0.29, 0.717) is 10.0 Å². The number of benzene rings is 1. The lowest BCUT2D eigenvalue weighted by molar-refractivity contribution is 0.551. The molecule has 0 radical (unpaired) electrons. The maximum atomic E-state index is 6.30. The molecule has 0 fully saturated rings. The van der Waals surface area contributed by atoms with Crippen molar-refractivity contribution < 1.29 is 0 Å². The number of rotatable bonds is 5. The van der Waals surface area contributed by atoms with Crippen molar-refractivity contribution in [2.75, 3.05) is 6.54 Å². The minimum absolute atomic E-state index is 0.110. The molecule has 2 rings (SSSR count). The summed E-state index contributed by atoms with van der Waals surface area (Å²) in [5.74, 6) is 0. The summed E-state index contributed by atoms with van der Waals surface area (Å²) in [6.07, 6.45) is 2.75. The molecule has 1 heterocycles. The molecular weight excluding hydrogens is 283 g/mol. The first kappa shape index (κ1) is 14.3. The Morgan fingerprint density at radius 1 is 1.32 bits per heavy atom. The van der Waals surface area contributed by atoms with Crippen molar-refractivity contribution in [1.29, 1.82) is 0 Å². The number of aryl methyl sites for hydroxylation is 1.